The van der Waals surface area contributed by atoms with Crippen molar-refractivity contribution in [2.75, 3.05) is 50.5 Å². The van der Waals surface area contributed by atoms with E-state index < -0.39 is 9.84 Å². The molecule has 1 aliphatic heterocycles. The van der Waals surface area contributed by atoms with Crippen LogP contribution in [-0.4, -0.2) is 69.9 Å². The van der Waals surface area contributed by atoms with E-state index in [9.17, 15) is 13.2 Å². The fourth-order valence-electron chi connectivity index (χ4n) is 4.70. The number of aryl methyl sites for hydroxylation is 2. The van der Waals surface area contributed by atoms with Crippen LogP contribution in [0.1, 0.15) is 34.3 Å². The van der Waals surface area contributed by atoms with E-state index >= 15 is 0 Å². The van der Waals surface area contributed by atoms with Gasteiger partial charge in [-0.25, -0.2) is 13.4 Å². The Morgan fingerprint density at radius 1 is 1.12 bits per heavy atom. The minimum absolute atomic E-state index is 0.0957. The predicted octanol–water partition coefficient (Wildman–Crippen LogP) is 3.56. The fraction of sp³-hybridized carbons (Fsp3) is 0.440. The number of hydrogen-bond acceptors (Lipinski definition) is 7. The molecule has 5 rings (SSSR count). The van der Waals surface area contributed by atoms with Gasteiger partial charge in [0.25, 0.3) is 5.91 Å². The molecule has 1 saturated heterocycles. The lowest BCUT2D eigenvalue weighted by atomic mass is 9.90. The SMILES string of the molecule is CS(=O)(=O)c1cccc2sc(N(CCN3CCOCC3)C(=O)c3ccc4c(c3)CCCC4)nc12. The summed E-state index contributed by atoms with van der Waals surface area (Å²) in [6.45, 7) is 4.23. The molecule has 0 saturated carbocycles. The van der Waals surface area contributed by atoms with Crippen molar-refractivity contribution >= 4 is 42.4 Å². The molecule has 0 atom stereocenters. The number of nitrogens with zero attached hydrogens (tertiary/aromatic N) is 3. The highest BCUT2D eigenvalue weighted by Gasteiger charge is 2.25. The highest BCUT2D eigenvalue weighted by molar-refractivity contribution is 7.91. The van der Waals surface area contributed by atoms with E-state index in [0.717, 1.165) is 37.1 Å². The number of sulfone groups is 1. The van der Waals surface area contributed by atoms with Crippen molar-refractivity contribution < 1.29 is 17.9 Å². The summed E-state index contributed by atoms with van der Waals surface area (Å²) in [6.07, 6.45) is 5.60. The molecule has 9 heteroatoms. The lowest BCUT2D eigenvalue weighted by Gasteiger charge is -2.29. The smallest absolute Gasteiger partial charge is 0.260 e. The topological polar surface area (TPSA) is 79.8 Å². The Balaban J connectivity index is 1.51. The normalized spacial score (nSPS) is 17.0. The van der Waals surface area contributed by atoms with Gasteiger partial charge < -0.3 is 4.74 Å². The van der Waals surface area contributed by atoms with Gasteiger partial charge in [-0.15, -0.1) is 0 Å². The van der Waals surface area contributed by atoms with E-state index in [1.165, 1.54) is 35.1 Å². The minimum atomic E-state index is -3.44. The summed E-state index contributed by atoms with van der Waals surface area (Å²) in [5.41, 5.74) is 3.68. The molecule has 1 fully saturated rings. The van der Waals surface area contributed by atoms with Gasteiger partial charge in [-0.05, 0) is 61.1 Å². The van der Waals surface area contributed by atoms with Gasteiger partial charge in [0.2, 0.25) is 0 Å². The summed E-state index contributed by atoms with van der Waals surface area (Å²) in [6, 6.07) is 11.2. The third-order valence-electron chi connectivity index (χ3n) is 6.59. The number of morpholine rings is 1. The van der Waals surface area contributed by atoms with Gasteiger partial charge in [-0.3, -0.25) is 14.6 Å². The van der Waals surface area contributed by atoms with Crippen LogP contribution >= 0.6 is 11.3 Å². The van der Waals surface area contributed by atoms with Crippen LogP contribution in [0.5, 0.6) is 0 Å². The Bertz CT molecular complexity index is 1310. The molecule has 1 amide bonds. The van der Waals surface area contributed by atoms with Crippen molar-refractivity contribution in [1.29, 1.82) is 0 Å². The third-order valence-corrected chi connectivity index (χ3v) is 8.76. The van der Waals surface area contributed by atoms with Crippen LogP contribution in [0.4, 0.5) is 5.13 Å². The number of aromatic nitrogens is 1. The summed E-state index contributed by atoms with van der Waals surface area (Å²) in [5.74, 6) is -0.0957. The summed E-state index contributed by atoms with van der Waals surface area (Å²) in [7, 11) is -3.44. The van der Waals surface area contributed by atoms with E-state index in [1.807, 2.05) is 18.2 Å². The van der Waals surface area contributed by atoms with Gasteiger partial charge in [-0.2, -0.15) is 0 Å². The Morgan fingerprint density at radius 2 is 1.88 bits per heavy atom. The predicted molar refractivity (Wildman–Crippen MR) is 135 cm³/mol. The summed E-state index contributed by atoms with van der Waals surface area (Å²) >= 11 is 1.36. The number of ether oxygens (including phenoxy) is 1. The summed E-state index contributed by atoms with van der Waals surface area (Å²) < 4.78 is 30.8. The maximum Gasteiger partial charge on any atom is 0.260 e. The molecule has 7 nitrogen and oxygen atoms in total. The Morgan fingerprint density at radius 3 is 2.65 bits per heavy atom. The monoisotopic (exact) mass is 499 g/mol. The van der Waals surface area contributed by atoms with Crippen molar-refractivity contribution in [3.63, 3.8) is 0 Å². The molecular formula is C25H29N3O4S2. The third kappa shape index (κ3) is 4.88. The first-order valence-corrected chi connectivity index (χ1v) is 14.4. The second kappa shape index (κ2) is 9.73. The summed E-state index contributed by atoms with van der Waals surface area (Å²) in [5, 5.41) is 0.530. The molecular weight excluding hydrogens is 470 g/mol. The van der Waals surface area contributed by atoms with Crippen molar-refractivity contribution in [1.82, 2.24) is 9.88 Å². The van der Waals surface area contributed by atoms with Gasteiger partial charge in [0.05, 0.1) is 22.8 Å². The molecule has 0 bridgehead atoms. The number of para-hydroxylation sites is 1. The number of anilines is 1. The van der Waals surface area contributed by atoms with E-state index in [1.54, 1.807) is 17.0 Å². The number of hydrogen-bond donors (Lipinski definition) is 0. The molecule has 2 aliphatic rings. The van der Waals surface area contributed by atoms with Crippen molar-refractivity contribution in [2.24, 2.45) is 0 Å². The lowest BCUT2D eigenvalue weighted by Crippen LogP contribution is -2.43. The maximum atomic E-state index is 13.8. The van der Waals surface area contributed by atoms with E-state index in [2.05, 4.69) is 16.0 Å². The van der Waals surface area contributed by atoms with E-state index in [-0.39, 0.29) is 10.8 Å². The Hall–Kier alpha value is -2.33. The summed E-state index contributed by atoms with van der Waals surface area (Å²) in [4.78, 5) is 22.7. The number of carbonyl (C=O) groups excluding carboxylic acids is 1. The molecule has 0 radical (unpaired) electrons. The number of rotatable bonds is 6. The zero-order valence-corrected chi connectivity index (χ0v) is 21.0. The molecule has 0 unspecified atom stereocenters. The van der Waals surface area contributed by atoms with Crippen LogP contribution in [-0.2, 0) is 27.4 Å². The molecule has 2 aromatic carbocycles. The quantitative estimate of drug-likeness (QED) is 0.516. The minimum Gasteiger partial charge on any atom is -0.379 e. The molecule has 2 heterocycles. The average Bonchev–Trinajstić information content (AvgIpc) is 3.27. The average molecular weight is 500 g/mol. The second-order valence-electron chi connectivity index (χ2n) is 8.97. The Kier molecular flexibility index (Phi) is 6.70. The van der Waals surface area contributed by atoms with Gasteiger partial charge in [0.15, 0.2) is 15.0 Å². The molecule has 0 spiro atoms. The van der Waals surface area contributed by atoms with Gasteiger partial charge in [0.1, 0.15) is 5.52 Å². The Labute approximate surface area is 204 Å². The van der Waals surface area contributed by atoms with Crippen LogP contribution < -0.4 is 4.90 Å². The molecule has 0 N–H and O–H groups in total. The number of benzene rings is 2. The number of amides is 1. The fourth-order valence-corrected chi connectivity index (χ4v) is 6.61. The molecule has 3 aromatic rings. The van der Waals surface area contributed by atoms with Gasteiger partial charge >= 0.3 is 0 Å². The largest absolute Gasteiger partial charge is 0.379 e. The maximum absolute atomic E-state index is 13.8. The van der Waals surface area contributed by atoms with Crippen LogP contribution in [0.2, 0.25) is 0 Å². The zero-order valence-electron chi connectivity index (χ0n) is 19.3. The van der Waals surface area contributed by atoms with Gasteiger partial charge in [-0.1, -0.05) is 23.5 Å². The number of thiazole rings is 1. The van der Waals surface area contributed by atoms with Crippen LogP contribution in [0.15, 0.2) is 41.3 Å². The van der Waals surface area contributed by atoms with Crippen LogP contribution in [0.3, 0.4) is 0 Å². The lowest BCUT2D eigenvalue weighted by molar-refractivity contribution is 0.0391. The molecule has 1 aromatic heterocycles. The first-order valence-electron chi connectivity index (χ1n) is 11.7. The number of carbonyl (C=O) groups is 1. The first-order chi connectivity index (χ1) is 16.4. The van der Waals surface area contributed by atoms with Crippen molar-refractivity contribution in [3.8, 4) is 0 Å². The highest BCUT2D eigenvalue weighted by atomic mass is 32.2. The van der Waals surface area contributed by atoms with E-state index in [4.69, 9.17) is 4.74 Å². The van der Waals surface area contributed by atoms with Gasteiger partial charge in [0, 0.05) is 38.0 Å². The standard InChI is InChI=1S/C25H29N3O4S2/c1-34(30,31)22-8-4-7-21-23(22)26-25(33-21)28(12-11-27-13-15-32-16-14-27)24(29)20-10-9-18-5-2-3-6-19(18)17-20/h4,7-10,17H,2-3,5-6,11-16H2,1H3. The van der Waals surface area contributed by atoms with Crippen LogP contribution in [0.25, 0.3) is 10.2 Å². The molecule has 1 aliphatic carbocycles. The van der Waals surface area contributed by atoms with Crippen molar-refractivity contribution in [3.05, 3.63) is 53.1 Å². The first kappa shape index (κ1) is 23.4. The molecule has 180 valence electrons. The van der Waals surface area contributed by atoms with E-state index in [0.29, 0.717) is 42.5 Å². The zero-order chi connectivity index (χ0) is 23.7. The molecule has 34 heavy (non-hydrogen) atoms. The highest BCUT2D eigenvalue weighted by Crippen LogP contribution is 2.33. The van der Waals surface area contributed by atoms with Crippen molar-refractivity contribution in [2.45, 2.75) is 30.6 Å². The number of fused-ring (bicyclic) bond motifs is 2. The van der Waals surface area contributed by atoms with Crippen LogP contribution in [0, 0.1) is 0 Å². The second-order valence-corrected chi connectivity index (χ2v) is 12.0.